The van der Waals surface area contributed by atoms with Crippen LogP contribution in [0.25, 0.3) is 16.9 Å². The summed E-state index contributed by atoms with van der Waals surface area (Å²) < 4.78 is 7.30. The van der Waals surface area contributed by atoms with Crippen LogP contribution in [0.1, 0.15) is 50.4 Å². The number of hydrogen-bond acceptors (Lipinski definition) is 7. The van der Waals surface area contributed by atoms with Crippen LogP contribution >= 0.6 is 11.6 Å². The third kappa shape index (κ3) is 5.67. The highest BCUT2D eigenvalue weighted by atomic mass is 35.5. The number of benzene rings is 1. The van der Waals surface area contributed by atoms with E-state index < -0.39 is 5.60 Å². The first kappa shape index (κ1) is 25.8. The quantitative estimate of drug-likeness (QED) is 0.326. The zero-order valence-electron chi connectivity index (χ0n) is 21.9. The molecule has 0 aliphatic carbocycles. The van der Waals surface area contributed by atoms with E-state index in [2.05, 4.69) is 20.3 Å². The van der Waals surface area contributed by atoms with Gasteiger partial charge in [-0.25, -0.2) is 9.78 Å². The zero-order valence-corrected chi connectivity index (χ0v) is 22.7. The van der Waals surface area contributed by atoms with E-state index in [0.29, 0.717) is 35.2 Å². The van der Waals surface area contributed by atoms with Crippen molar-refractivity contribution in [1.82, 2.24) is 29.9 Å². The molecule has 1 atom stereocenters. The maximum atomic E-state index is 12.7. The molecule has 38 heavy (non-hydrogen) atoms. The van der Waals surface area contributed by atoms with Gasteiger partial charge in [0.25, 0.3) is 0 Å². The van der Waals surface area contributed by atoms with Crippen LogP contribution in [-0.2, 0) is 4.74 Å². The molecule has 0 N–H and O–H groups in total. The number of likely N-dealkylation sites (tertiary alicyclic amines) is 1. The molecule has 10 heteroatoms. The fourth-order valence-electron chi connectivity index (χ4n) is 4.42. The second-order valence-corrected chi connectivity index (χ2v) is 10.8. The monoisotopic (exact) mass is 531 g/mol. The van der Waals surface area contributed by atoms with Crippen LogP contribution in [0, 0.1) is 6.92 Å². The number of fused-ring (bicyclic) bond motifs is 1. The van der Waals surface area contributed by atoms with Gasteiger partial charge >= 0.3 is 6.09 Å². The number of aryl methyl sites for hydroxylation is 1. The first-order valence-corrected chi connectivity index (χ1v) is 13.0. The number of nitrogens with zero attached hydrogens (tertiary/aromatic N) is 7. The number of aromatic nitrogens is 5. The van der Waals surface area contributed by atoms with Crippen molar-refractivity contribution in [2.75, 3.05) is 13.1 Å². The Bertz CT molecular complexity index is 1490. The number of carbonyl (C=O) groups excluding carboxylic acids is 1. The summed E-state index contributed by atoms with van der Waals surface area (Å²) in [4.78, 5) is 28.6. The number of aliphatic imine (C=N–C) groups is 1. The van der Waals surface area contributed by atoms with E-state index in [4.69, 9.17) is 21.3 Å². The van der Waals surface area contributed by atoms with Gasteiger partial charge in [-0.3, -0.25) is 9.98 Å². The lowest BCUT2D eigenvalue weighted by Crippen LogP contribution is -2.44. The molecule has 0 saturated carbocycles. The molecule has 5 rings (SSSR count). The molecule has 1 aromatic carbocycles. The first-order valence-electron chi connectivity index (χ1n) is 12.6. The third-order valence-corrected chi connectivity index (χ3v) is 6.46. The van der Waals surface area contributed by atoms with Crippen LogP contribution in [0.4, 0.5) is 4.79 Å². The molecule has 3 aromatic heterocycles. The molecule has 9 nitrogen and oxygen atoms in total. The van der Waals surface area contributed by atoms with Crippen molar-refractivity contribution in [3.63, 3.8) is 0 Å². The Morgan fingerprint density at radius 2 is 1.95 bits per heavy atom. The van der Waals surface area contributed by atoms with Crippen molar-refractivity contribution >= 4 is 34.6 Å². The number of pyridine rings is 2. The van der Waals surface area contributed by atoms with Crippen molar-refractivity contribution in [1.29, 1.82) is 0 Å². The van der Waals surface area contributed by atoms with Gasteiger partial charge in [-0.1, -0.05) is 28.9 Å². The Hall–Kier alpha value is -3.85. The molecule has 1 fully saturated rings. The van der Waals surface area contributed by atoms with E-state index in [-0.39, 0.29) is 12.1 Å². The van der Waals surface area contributed by atoms with E-state index in [1.807, 2.05) is 58.0 Å². The Labute approximate surface area is 226 Å². The molecule has 0 bridgehead atoms. The van der Waals surface area contributed by atoms with Gasteiger partial charge in [-0.15, -0.1) is 5.10 Å². The lowest BCUT2D eigenvalue weighted by Gasteiger charge is -2.33. The van der Waals surface area contributed by atoms with E-state index in [0.717, 1.165) is 35.2 Å². The molecule has 196 valence electrons. The molecule has 4 heterocycles. The molecular formula is C28H30ClN7O2. The van der Waals surface area contributed by atoms with Gasteiger partial charge in [0.2, 0.25) is 0 Å². The number of carbonyl (C=O) groups is 1. The molecule has 1 aliphatic heterocycles. The molecule has 1 aliphatic rings. The average Bonchev–Trinajstić information content (AvgIpc) is 3.30. The van der Waals surface area contributed by atoms with E-state index in [1.54, 1.807) is 34.1 Å². The summed E-state index contributed by atoms with van der Waals surface area (Å²) in [5, 5.41) is 9.05. The summed E-state index contributed by atoms with van der Waals surface area (Å²) in [7, 11) is 0. The average molecular weight is 532 g/mol. The lowest BCUT2D eigenvalue weighted by atomic mass is 10.0. The predicted octanol–water partition coefficient (Wildman–Crippen LogP) is 5.41. The Balaban J connectivity index is 1.47. The van der Waals surface area contributed by atoms with Gasteiger partial charge in [0.1, 0.15) is 16.8 Å². The molecule has 1 saturated heterocycles. The zero-order chi connectivity index (χ0) is 26.9. The highest BCUT2D eigenvalue weighted by Gasteiger charge is 2.28. The van der Waals surface area contributed by atoms with Crippen molar-refractivity contribution in [2.45, 2.75) is 52.2 Å². The fraction of sp³-hybridized carbons (Fsp3) is 0.357. The largest absolute Gasteiger partial charge is 0.444 e. The second kappa shape index (κ2) is 10.5. The summed E-state index contributed by atoms with van der Waals surface area (Å²) in [6, 6.07) is 13.3. The number of rotatable bonds is 4. The molecular weight excluding hydrogens is 502 g/mol. The summed E-state index contributed by atoms with van der Waals surface area (Å²) in [6.45, 7) is 8.70. The summed E-state index contributed by atoms with van der Waals surface area (Å²) >= 11 is 6.57. The second-order valence-electron chi connectivity index (χ2n) is 10.4. The number of amides is 1. The van der Waals surface area contributed by atoms with Crippen LogP contribution in [0.2, 0.25) is 5.02 Å². The maximum Gasteiger partial charge on any atom is 0.410 e. The highest BCUT2D eigenvalue weighted by Crippen LogP contribution is 2.24. The van der Waals surface area contributed by atoms with E-state index in [1.165, 1.54) is 0 Å². The first-order chi connectivity index (χ1) is 18.2. The molecule has 0 spiro atoms. The minimum absolute atomic E-state index is 0.115. The van der Waals surface area contributed by atoms with Crippen molar-refractivity contribution in [2.24, 2.45) is 4.99 Å². The van der Waals surface area contributed by atoms with Crippen molar-refractivity contribution in [3.05, 3.63) is 76.7 Å². The molecule has 0 unspecified atom stereocenters. The van der Waals surface area contributed by atoms with Gasteiger partial charge in [0.15, 0.2) is 5.65 Å². The van der Waals surface area contributed by atoms with Gasteiger partial charge in [0.05, 0.1) is 22.5 Å². The minimum Gasteiger partial charge on any atom is -0.444 e. The lowest BCUT2D eigenvalue weighted by molar-refractivity contribution is 0.0201. The fourth-order valence-corrected chi connectivity index (χ4v) is 4.63. The summed E-state index contributed by atoms with van der Waals surface area (Å²) in [5.41, 5.74) is 4.87. The van der Waals surface area contributed by atoms with Crippen LogP contribution in [0.5, 0.6) is 0 Å². The van der Waals surface area contributed by atoms with Crippen LogP contribution in [0.15, 0.2) is 59.9 Å². The number of piperidine rings is 1. The minimum atomic E-state index is -0.550. The standard InChI is InChI=1S/C28H30ClN7O2/c1-18-15-23-26(31-16-18)36(34-33-23)21-11-9-19(10-12-21)24(25-22(29)8-5-13-30-25)32-20-7-6-14-35(17-20)27(37)38-28(2,3)4/h5,8-13,15-16,20H,6-7,14,17H2,1-4H3/t20-/m1/s1. The molecule has 0 radical (unpaired) electrons. The van der Waals surface area contributed by atoms with Gasteiger partial charge < -0.3 is 9.64 Å². The van der Waals surface area contributed by atoms with Gasteiger partial charge in [-0.05, 0) is 76.4 Å². The Morgan fingerprint density at radius 1 is 1.16 bits per heavy atom. The summed E-state index contributed by atoms with van der Waals surface area (Å²) in [6.07, 6.45) is 4.87. The number of hydrogen-bond donors (Lipinski definition) is 0. The van der Waals surface area contributed by atoms with Crippen LogP contribution < -0.4 is 0 Å². The molecule has 1 amide bonds. The van der Waals surface area contributed by atoms with Crippen LogP contribution in [0.3, 0.4) is 0 Å². The normalized spacial score (nSPS) is 16.6. The predicted molar refractivity (Wildman–Crippen MR) is 147 cm³/mol. The smallest absolute Gasteiger partial charge is 0.410 e. The summed E-state index contributed by atoms with van der Waals surface area (Å²) in [5.74, 6) is 0. The Morgan fingerprint density at radius 3 is 2.68 bits per heavy atom. The van der Waals surface area contributed by atoms with Crippen molar-refractivity contribution < 1.29 is 9.53 Å². The third-order valence-electron chi connectivity index (χ3n) is 6.15. The van der Waals surface area contributed by atoms with E-state index >= 15 is 0 Å². The highest BCUT2D eigenvalue weighted by molar-refractivity contribution is 6.35. The number of ether oxygens (including phenoxy) is 1. The maximum absolute atomic E-state index is 12.7. The van der Waals surface area contributed by atoms with Gasteiger partial charge in [0, 0.05) is 31.0 Å². The molecule has 4 aromatic rings. The van der Waals surface area contributed by atoms with Gasteiger partial charge in [-0.2, -0.15) is 4.68 Å². The Kier molecular flexibility index (Phi) is 7.12. The topological polar surface area (TPSA) is 98.4 Å². The van der Waals surface area contributed by atoms with Crippen LogP contribution in [-0.4, -0.2) is 66.4 Å². The SMILES string of the molecule is Cc1cnc2c(c1)nnn2-c1ccc(C(=N[C@@H]2CCCN(C(=O)OC(C)(C)C)C2)c2ncccc2Cl)cc1. The van der Waals surface area contributed by atoms with E-state index in [9.17, 15) is 4.79 Å². The number of halogens is 1. The van der Waals surface area contributed by atoms with Crippen molar-refractivity contribution in [3.8, 4) is 5.69 Å².